The Morgan fingerprint density at radius 3 is 2.77 bits per heavy atom. The highest BCUT2D eigenvalue weighted by atomic mass is 32.2. The molecular formula is C14H12N6O5S. The number of amides is 1. The zero-order chi connectivity index (χ0) is 18.3. The second-order valence-corrected chi connectivity index (χ2v) is 6.37. The maximum atomic E-state index is 12.3. The van der Waals surface area contributed by atoms with Crippen LogP contribution in [-0.2, 0) is 9.53 Å². The first kappa shape index (κ1) is 16.5. The number of nitrogens with zero attached hydrogens (tertiary/aromatic N) is 5. The number of aliphatic imine (C=N–C) groups is 1. The normalized spacial score (nSPS) is 21.8. The molecule has 0 aromatic carbocycles. The first-order valence-electron chi connectivity index (χ1n) is 7.60. The standard InChI is InChI=1S/C14H12N6O5S/c15-11-9(7-8-1-2-10(25-8)20(22)23)12(21)16-13-19(11)17-14(26-13)18-3-5-24-6-4-18/h1-2,7,15H,3-6H2/b9-7-,15-11?. The Labute approximate surface area is 150 Å². The Balaban J connectivity index is 1.61. The van der Waals surface area contributed by atoms with Gasteiger partial charge in [0.2, 0.25) is 5.17 Å². The van der Waals surface area contributed by atoms with E-state index in [1.165, 1.54) is 35.0 Å². The number of rotatable bonds is 2. The van der Waals surface area contributed by atoms with Crippen molar-refractivity contribution in [2.24, 2.45) is 10.1 Å². The number of morpholine rings is 1. The van der Waals surface area contributed by atoms with Crippen molar-refractivity contribution in [3.05, 3.63) is 33.6 Å². The average Bonchev–Trinajstić information content (AvgIpc) is 3.26. The van der Waals surface area contributed by atoms with Crippen LogP contribution in [0.3, 0.4) is 0 Å². The van der Waals surface area contributed by atoms with E-state index < -0.39 is 16.7 Å². The predicted molar refractivity (Wildman–Crippen MR) is 92.8 cm³/mol. The van der Waals surface area contributed by atoms with Gasteiger partial charge in [0.1, 0.15) is 10.7 Å². The van der Waals surface area contributed by atoms with Gasteiger partial charge in [0, 0.05) is 13.1 Å². The SMILES string of the molecule is N=C1/C(=C/c2ccc([N+](=O)[O-])o2)C(=O)N=C2SC(N3CCOCC3)=NN12. The highest BCUT2D eigenvalue weighted by molar-refractivity contribution is 8.26. The van der Waals surface area contributed by atoms with Crippen molar-refractivity contribution in [2.45, 2.75) is 0 Å². The summed E-state index contributed by atoms with van der Waals surface area (Å²) in [6.45, 7) is 2.52. The van der Waals surface area contributed by atoms with Crippen LogP contribution in [-0.4, -0.2) is 63.2 Å². The molecule has 12 heteroatoms. The molecule has 3 aliphatic heterocycles. The van der Waals surface area contributed by atoms with E-state index in [0.717, 1.165) is 0 Å². The molecule has 26 heavy (non-hydrogen) atoms. The molecule has 0 saturated carbocycles. The number of furan rings is 1. The summed E-state index contributed by atoms with van der Waals surface area (Å²) >= 11 is 1.22. The Morgan fingerprint density at radius 1 is 1.31 bits per heavy atom. The number of nitrogens with one attached hydrogen (secondary N) is 1. The van der Waals surface area contributed by atoms with Gasteiger partial charge in [0.05, 0.1) is 24.9 Å². The third kappa shape index (κ3) is 2.88. The number of fused-ring (bicyclic) bond motifs is 1. The molecule has 4 rings (SSSR count). The molecule has 1 aromatic heterocycles. The molecule has 0 spiro atoms. The molecule has 0 unspecified atom stereocenters. The number of hydrogen-bond donors (Lipinski definition) is 1. The molecule has 0 radical (unpaired) electrons. The van der Waals surface area contributed by atoms with Crippen molar-refractivity contribution < 1.29 is 18.9 Å². The number of carbonyl (C=O) groups excluding carboxylic acids is 1. The van der Waals surface area contributed by atoms with Crippen LogP contribution in [0.1, 0.15) is 5.76 Å². The van der Waals surface area contributed by atoms with Gasteiger partial charge in [-0.2, -0.15) is 10.0 Å². The molecule has 1 amide bonds. The van der Waals surface area contributed by atoms with Crippen LogP contribution in [0, 0.1) is 15.5 Å². The second-order valence-electron chi connectivity index (χ2n) is 5.44. The lowest BCUT2D eigenvalue weighted by Gasteiger charge is -2.26. The second kappa shape index (κ2) is 6.38. The Kier molecular flexibility index (Phi) is 4.05. The van der Waals surface area contributed by atoms with Crippen molar-refractivity contribution in [3.8, 4) is 0 Å². The minimum atomic E-state index is -0.678. The summed E-state index contributed by atoms with van der Waals surface area (Å²) < 4.78 is 10.3. The van der Waals surface area contributed by atoms with Gasteiger partial charge in [-0.3, -0.25) is 20.3 Å². The van der Waals surface area contributed by atoms with Crippen molar-refractivity contribution in [2.75, 3.05) is 26.3 Å². The number of hydrazone groups is 1. The fourth-order valence-corrected chi connectivity index (χ4v) is 3.47. The zero-order valence-corrected chi connectivity index (χ0v) is 14.1. The molecule has 0 bridgehead atoms. The summed E-state index contributed by atoms with van der Waals surface area (Å²) in [6, 6.07) is 2.53. The minimum absolute atomic E-state index is 0.0504. The summed E-state index contributed by atoms with van der Waals surface area (Å²) in [5.74, 6) is -1.13. The summed E-state index contributed by atoms with van der Waals surface area (Å²) in [5.41, 5.74) is -0.0504. The maximum Gasteiger partial charge on any atom is 0.433 e. The van der Waals surface area contributed by atoms with E-state index in [9.17, 15) is 14.9 Å². The zero-order valence-electron chi connectivity index (χ0n) is 13.2. The summed E-state index contributed by atoms with van der Waals surface area (Å²) in [6.07, 6.45) is 1.25. The number of hydrogen-bond acceptors (Lipinski definition) is 9. The van der Waals surface area contributed by atoms with E-state index in [2.05, 4.69) is 10.1 Å². The lowest BCUT2D eigenvalue weighted by Crippen LogP contribution is -2.39. The molecular weight excluding hydrogens is 364 g/mol. The van der Waals surface area contributed by atoms with Crippen molar-refractivity contribution >= 4 is 45.8 Å². The fourth-order valence-electron chi connectivity index (χ4n) is 2.52. The lowest BCUT2D eigenvalue weighted by molar-refractivity contribution is -0.402. The number of carbonyl (C=O) groups is 1. The summed E-state index contributed by atoms with van der Waals surface area (Å²) in [7, 11) is 0. The third-order valence-corrected chi connectivity index (χ3v) is 4.77. The monoisotopic (exact) mass is 376 g/mol. The van der Waals surface area contributed by atoms with Gasteiger partial charge in [0.25, 0.3) is 5.91 Å². The molecule has 0 aliphatic carbocycles. The van der Waals surface area contributed by atoms with E-state index in [1.807, 2.05) is 4.90 Å². The molecule has 1 aromatic rings. The Hall–Kier alpha value is -2.99. The third-order valence-electron chi connectivity index (χ3n) is 3.80. The van der Waals surface area contributed by atoms with Gasteiger partial charge in [-0.1, -0.05) is 0 Å². The highest BCUT2D eigenvalue weighted by Gasteiger charge is 2.37. The number of ether oxygens (including phenoxy) is 1. The Bertz CT molecular complexity index is 897. The van der Waals surface area contributed by atoms with Crippen LogP contribution in [0.25, 0.3) is 6.08 Å². The Morgan fingerprint density at radius 2 is 2.08 bits per heavy atom. The number of nitro groups is 1. The molecule has 4 heterocycles. The molecule has 1 N–H and O–H groups in total. The van der Waals surface area contributed by atoms with Gasteiger partial charge in [-0.05, 0) is 23.9 Å². The minimum Gasteiger partial charge on any atom is -0.401 e. The van der Waals surface area contributed by atoms with Crippen LogP contribution in [0.2, 0.25) is 0 Å². The number of thioether (sulfide) groups is 1. The van der Waals surface area contributed by atoms with E-state index >= 15 is 0 Å². The number of amidine groups is 3. The molecule has 0 atom stereocenters. The summed E-state index contributed by atoms with van der Waals surface area (Å²) in [5, 5.41) is 25.6. The van der Waals surface area contributed by atoms with Gasteiger partial charge in [0.15, 0.2) is 11.0 Å². The molecule has 134 valence electrons. The van der Waals surface area contributed by atoms with Crippen molar-refractivity contribution in [1.82, 2.24) is 9.91 Å². The topological polar surface area (TPSA) is 138 Å². The highest BCUT2D eigenvalue weighted by Crippen LogP contribution is 2.30. The van der Waals surface area contributed by atoms with Crippen molar-refractivity contribution in [1.29, 1.82) is 5.41 Å². The predicted octanol–water partition coefficient (Wildman–Crippen LogP) is 1.10. The molecule has 1 fully saturated rings. The van der Waals surface area contributed by atoms with Crippen LogP contribution in [0.5, 0.6) is 0 Å². The van der Waals surface area contributed by atoms with Crippen LogP contribution < -0.4 is 0 Å². The van der Waals surface area contributed by atoms with Gasteiger partial charge in [-0.15, -0.1) is 5.10 Å². The smallest absolute Gasteiger partial charge is 0.401 e. The van der Waals surface area contributed by atoms with Gasteiger partial charge < -0.3 is 14.1 Å². The van der Waals surface area contributed by atoms with Crippen LogP contribution in [0.15, 0.2) is 32.2 Å². The quantitative estimate of drug-likeness (QED) is 0.460. The van der Waals surface area contributed by atoms with Gasteiger partial charge in [-0.25, -0.2) is 0 Å². The van der Waals surface area contributed by atoms with Gasteiger partial charge >= 0.3 is 5.88 Å². The van der Waals surface area contributed by atoms with E-state index in [4.69, 9.17) is 14.6 Å². The molecule has 11 nitrogen and oxygen atoms in total. The van der Waals surface area contributed by atoms with Crippen molar-refractivity contribution in [3.63, 3.8) is 0 Å². The largest absolute Gasteiger partial charge is 0.433 e. The lowest BCUT2D eigenvalue weighted by atomic mass is 10.1. The van der Waals surface area contributed by atoms with Crippen LogP contribution >= 0.6 is 11.8 Å². The van der Waals surface area contributed by atoms with E-state index in [0.29, 0.717) is 36.6 Å². The first-order valence-corrected chi connectivity index (χ1v) is 8.42. The molecule has 3 aliphatic rings. The average molecular weight is 376 g/mol. The fraction of sp³-hybridized carbons (Fsp3) is 0.286. The van der Waals surface area contributed by atoms with E-state index in [-0.39, 0.29) is 17.2 Å². The first-order chi connectivity index (χ1) is 12.5. The molecule has 1 saturated heterocycles. The van der Waals surface area contributed by atoms with Crippen LogP contribution in [0.4, 0.5) is 5.88 Å². The summed E-state index contributed by atoms with van der Waals surface area (Å²) in [4.78, 5) is 28.3. The van der Waals surface area contributed by atoms with E-state index in [1.54, 1.807) is 0 Å². The maximum absolute atomic E-state index is 12.3.